The number of carbonyl (C=O) groups excluding carboxylic acids is 1. The third kappa shape index (κ3) is 11.7. The maximum absolute atomic E-state index is 9.69. The first-order chi connectivity index (χ1) is 5.09. The Hall–Kier alpha value is -1.71. The minimum atomic E-state index is -1.17. The van der Waals surface area contributed by atoms with Crippen LogP contribution in [0.4, 0.5) is 0 Å². The zero-order chi connectivity index (χ0) is 9.28. The summed E-state index contributed by atoms with van der Waals surface area (Å²) < 4.78 is 0. The van der Waals surface area contributed by atoms with Crippen LogP contribution in [0.2, 0.25) is 0 Å². The summed E-state index contributed by atoms with van der Waals surface area (Å²) in [4.78, 5) is 18.0. The van der Waals surface area contributed by atoms with Crippen molar-refractivity contribution < 1.29 is 9.72 Å². The van der Waals surface area contributed by atoms with Gasteiger partial charge in [-0.3, -0.25) is 10.1 Å². The molecule has 0 aliphatic carbocycles. The van der Waals surface area contributed by atoms with Crippen LogP contribution in [0.3, 0.4) is 0 Å². The molecule has 0 radical (unpaired) electrons. The van der Waals surface area contributed by atoms with Gasteiger partial charge in [0.25, 0.3) is 0 Å². The molecule has 0 aromatic rings. The minimum Gasteiger partial charge on any atom is -0.255 e. The highest BCUT2D eigenvalue weighted by molar-refractivity contribution is 5.79. The zero-order valence-electron chi connectivity index (χ0n) is 6.03. The van der Waals surface area contributed by atoms with Crippen LogP contribution in [-0.4, -0.2) is 10.8 Å². The van der Waals surface area contributed by atoms with Gasteiger partial charge in [-0.25, -0.2) is 4.79 Å². The lowest BCUT2D eigenvalue weighted by Gasteiger charge is -1.74. The topological polar surface area (TPSA) is 60.2 Å². The molecule has 4 heteroatoms. The van der Waals surface area contributed by atoms with Crippen LogP contribution in [0.25, 0.3) is 0 Å². The van der Waals surface area contributed by atoms with Gasteiger partial charge >= 0.3 is 5.91 Å². The van der Waals surface area contributed by atoms with E-state index in [2.05, 4.69) is 19.7 Å². The Bertz CT molecular complexity index is 178. The molecule has 0 aliphatic rings. The second-order valence-corrected chi connectivity index (χ2v) is 1.27. The monoisotopic (exact) mass is 155 g/mol. The lowest BCUT2D eigenvalue weighted by molar-refractivity contribution is -0.395. The third-order valence-corrected chi connectivity index (χ3v) is 0.521. The standard InChI is InChI=1S/C4H6.C3H3NO3/c1-3-4-2;1-2-3(5)4(6)7/h3-4H,1-2H2;2H,1H2. The van der Waals surface area contributed by atoms with E-state index in [0.717, 1.165) is 0 Å². The average Bonchev–Trinajstić information content (AvgIpc) is 2.03. The Morgan fingerprint density at radius 1 is 1.27 bits per heavy atom. The molecular weight excluding hydrogens is 146 g/mol. The predicted molar refractivity (Wildman–Crippen MR) is 42.6 cm³/mol. The maximum Gasteiger partial charge on any atom is 0.468 e. The molecule has 0 bridgehead atoms. The smallest absolute Gasteiger partial charge is 0.255 e. The number of nitro groups is 1. The van der Waals surface area contributed by atoms with E-state index in [9.17, 15) is 14.9 Å². The fourth-order valence-corrected chi connectivity index (χ4v) is 0.0745. The van der Waals surface area contributed by atoms with E-state index in [1.165, 1.54) is 0 Å². The molecule has 0 fully saturated rings. The second-order valence-electron chi connectivity index (χ2n) is 1.27. The highest BCUT2D eigenvalue weighted by Gasteiger charge is 2.04. The lowest BCUT2D eigenvalue weighted by Crippen LogP contribution is -2.05. The van der Waals surface area contributed by atoms with Crippen molar-refractivity contribution >= 4 is 5.91 Å². The van der Waals surface area contributed by atoms with Gasteiger partial charge < -0.3 is 0 Å². The summed E-state index contributed by atoms with van der Waals surface area (Å²) >= 11 is 0. The van der Waals surface area contributed by atoms with Gasteiger partial charge in [-0.15, -0.1) is 0 Å². The van der Waals surface area contributed by atoms with Crippen molar-refractivity contribution in [3.8, 4) is 0 Å². The Morgan fingerprint density at radius 3 is 1.64 bits per heavy atom. The molecule has 0 aromatic heterocycles. The van der Waals surface area contributed by atoms with Gasteiger partial charge in [-0.05, 0) is 0 Å². The molecule has 0 unspecified atom stereocenters. The van der Waals surface area contributed by atoms with Gasteiger partial charge in [0.15, 0.2) is 0 Å². The van der Waals surface area contributed by atoms with Crippen molar-refractivity contribution in [2.45, 2.75) is 0 Å². The Labute approximate surface area is 64.7 Å². The van der Waals surface area contributed by atoms with E-state index in [1.54, 1.807) is 12.2 Å². The largest absolute Gasteiger partial charge is 0.468 e. The van der Waals surface area contributed by atoms with E-state index < -0.39 is 10.8 Å². The Balaban J connectivity index is 0. The van der Waals surface area contributed by atoms with E-state index in [4.69, 9.17) is 0 Å². The van der Waals surface area contributed by atoms with E-state index in [0.29, 0.717) is 6.08 Å². The van der Waals surface area contributed by atoms with Crippen molar-refractivity contribution in [2.75, 3.05) is 0 Å². The Kier molecular flexibility index (Phi) is 9.05. The van der Waals surface area contributed by atoms with E-state index >= 15 is 0 Å². The number of amides is 1. The Morgan fingerprint density at radius 2 is 1.64 bits per heavy atom. The molecule has 11 heavy (non-hydrogen) atoms. The van der Waals surface area contributed by atoms with Crippen LogP contribution in [0.15, 0.2) is 38.0 Å². The first-order valence-corrected chi connectivity index (χ1v) is 2.64. The predicted octanol–water partition coefficient (Wildman–Crippen LogP) is 1.33. The number of nitrogens with zero attached hydrogens (tertiary/aromatic N) is 1. The summed E-state index contributed by atoms with van der Waals surface area (Å²) in [6.07, 6.45) is 3.93. The lowest BCUT2D eigenvalue weighted by atomic mass is 10.6. The molecular formula is C7H9NO3. The van der Waals surface area contributed by atoms with E-state index in [-0.39, 0.29) is 0 Å². The molecule has 1 amide bonds. The quantitative estimate of drug-likeness (QED) is 0.261. The van der Waals surface area contributed by atoms with Gasteiger partial charge in [0, 0.05) is 0 Å². The van der Waals surface area contributed by atoms with Crippen molar-refractivity contribution in [1.82, 2.24) is 0 Å². The summed E-state index contributed by atoms with van der Waals surface area (Å²) in [7, 11) is 0. The van der Waals surface area contributed by atoms with Gasteiger partial charge in [-0.2, -0.15) is 0 Å². The molecule has 0 N–H and O–H groups in total. The molecule has 0 atom stereocenters. The number of carbonyl (C=O) groups is 1. The number of hydrogen-bond donors (Lipinski definition) is 0. The highest BCUT2D eigenvalue weighted by Crippen LogP contribution is 1.70. The minimum absolute atomic E-state index is 0.653. The molecule has 4 nitrogen and oxygen atoms in total. The first-order valence-electron chi connectivity index (χ1n) is 2.64. The van der Waals surface area contributed by atoms with Crippen molar-refractivity contribution in [1.29, 1.82) is 0 Å². The molecule has 0 spiro atoms. The van der Waals surface area contributed by atoms with Crippen molar-refractivity contribution in [2.24, 2.45) is 0 Å². The van der Waals surface area contributed by atoms with Crippen LogP contribution in [0, 0.1) is 10.1 Å². The molecule has 0 rings (SSSR count). The highest BCUT2D eigenvalue weighted by atomic mass is 16.6. The molecule has 0 saturated carbocycles. The van der Waals surface area contributed by atoms with Gasteiger partial charge in [0.05, 0.1) is 6.08 Å². The number of rotatable bonds is 2. The number of hydrogen-bond acceptors (Lipinski definition) is 3. The van der Waals surface area contributed by atoms with Crippen molar-refractivity contribution in [3.05, 3.63) is 48.1 Å². The number of allylic oxidation sites excluding steroid dienone is 2. The van der Waals surface area contributed by atoms with Crippen LogP contribution >= 0.6 is 0 Å². The first kappa shape index (κ1) is 12.0. The normalized spacial score (nSPS) is 6.55. The van der Waals surface area contributed by atoms with Gasteiger partial charge in [0.1, 0.15) is 4.92 Å². The summed E-state index contributed by atoms with van der Waals surface area (Å²) in [5.74, 6) is -1.17. The summed E-state index contributed by atoms with van der Waals surface area (Å²) in [5, 5.41) is 9.32. The summed E-state index contributed by atoms with van der Waals surface area (Å²) in [6, 6.07) is 0. The van der Waals surface area contributed by atoms with Crippen LogP contribution in [-0.2, 0) is 4.79 Å². The van der Waals surface area contributed by atoms with E-state index in [1.807, 2.05) is 0 Å². The fourth-order valence-electron chi connectivity index (χ4n) is 0.0745. The van der Waals surface area contributed by atoms with Gasteiger partial charge in [0.2, 0.25) is 0 Å². The molecule has 0 aliphatic heterocycles. The molecule has 0 aromatic carbocycles. The van der Waals surface area contributed by atoms with Gasteiger partial charge in [-0.1, -0.05) is 31.9 Å². The molecule has 60 valence electrons. The second kappa shape index (κ2) is 8.29. The average molecular weight is 155 g/mol. The summed E-state index contributed by atoms with van der Waals surface area (Å²) in [5.41, 5.74) is 0. The van der Waals surface area contributed by atoms with Crippen LogP contribution in [0.5, 0.6) is 0 Å². The zero-order valence-corrected chi connectivity index (χ0v) is 6.03. The maximum atomic E-state index is 9.69. The third-order valence-electron chi connectivity index (χ3n) is 0.521. The fraction of sp³-hybridized carbons (Fsp3) is 0. The van der Waals surface area contributed by atoms with Crippen molar-refractivity contribution in [3.63, 3.8) is 0 Å². The summed E-state index contributed by atoms with van der Waals surface area (Å²) in [6.45, 7) is 9.61. The SMILES string of the molecule is C=CC(=O)[N+](=O)[O-].C=CC=C. The van der Waals surface area contributed by atoms with Crippen LogP contribution in [0.1, 0.15) is 0 Å². The van der Waals surface area contributed by atoms with Crippen LogP contribution < -0.4 is 0 Å². The molecule has 0 heterocycles. The molecule has 0 saturated heterocycles.